The summed E-state index contributed by atoms with van der Waals surface area (Å²) < 4.78 is 0. The maximum absolute atomic E-state index is 13.2. The number of carboxylic acids is 2. The fourth-order valence-corrected chi connectivity index (χ4v) is 6.98. The van der Waals surface area contributed by atoms with Crippen molar-refractivity contribution in [1.29, 1.82) is 0 Å². The molecule has 0 aliphatic heterocycles. The fraction of sp³-hybridized carbons (Fsp3) is 0.182. The average molecular weight is 860 g/mol. The van der Waals surface area contributed by atoms with Gasteiger partial charge in [0.05, 0.1) is 29.3 Å². The minimum Gasteiger partial charge on any atom is -0.506 e. The lowest BCUT2D eigenvalue weighted by molar-refractivity contribution is -0.124. The number of benzene rings is 6. The number of thiol groups is 2. The SMILES string of the molecule is O=C(CCN(CCS)CC(=O)NCCS)NCc1cc(N=Nc2cc(C(=O)O)c(O)c3ccccc23)ccc1-c1ccc(N=Nc2cc(C(=O)O)c(O)c3ccccc23)cc1. The van der Waals surface area contributed by atoms with E-state index < -0.39 is 11.9 Å². The Morgan fingerprint density at radius 3 is 1.67 bits per heavy atom. The van der Waals surface area contributed by atoms with Gasteiger partial charge in [0.15, 0.2) is 0 Å². The van der Waals surface area contributed by atoms with Crippen LogP contribution < -0.4 is 10.6 Å². The Morgan fingerprint density at radius 1 is 0.590 bits per heavy atom. The van der Waals surface area contributed by atoms with E-state index >= 15 is 0 Å². The smallest absolute Gasteiger partial charge is 0.339 e. The van der Waals surface area contributed by atoms with Crippen LogP contribution in [0.2, 0.25) is 0 Å². The molecule has 6 aromatic rings. The van der Waals surface area contributed by atoms with Crippen LogP contribution in [-0.2, 0) is 16.1 Å². The molecule has 0 spiro atoms. The summed E-state index contributed by atoms with van der Waals surface area (Å²) in [6.07, 6.45) is 0.117. The number of carboxylic acid groups (broad SMARTS) is 2. The first kappa shape index (κ1) is 43.8. The highest BCUT2D eigenvalue weighted by atomic mass is 32.1. The molecular formula is C44H41N7O8S2. The summed E-state index contributed by atoms with van der Waals surface area (Å²) in [6.45, 7) is 1.49. The number of hydrogen-bond donors (Lipinski definition) is 8. The number of carbonyl (C=O) groups is 4. The van der Waals surface area contributed by atoms with Crippen LogP contribution in [0.15, 0.2) is 124 Å². The maximum atomic E-state index is 13.2. The molecule has 6 aromatic carbocycles. The number of azo groups is 2. The molecule has 61 heavy (non-hydrogen) atoms. The van der Waals surface area contributed by atoms with Crippen molar-refractivity contribution in [2.45, 2.75) is 13.0 Å². The summed E-state index contributed by atoms with van der Waals surface area (Å²) in [4.78, 5) is 51.1. The minimum atomic E-state index is -1.32. The summed E-state index contributed by atoms with van der Waals surface area (Å²) >= 11 is 8.43. The molecule has 0 atom stereocenters. The molecular weight excluding hydrogens is 819 g/mol. The standard InChI is InChI=1S/C44H41N7O8S2/c52-39(15-17-51(18-20-61)25-40(53)45-16-19-60)46-24-27-21-29(48-50-38-23-36(44(58)59)42(55)34-8-4-2-6-32(34)38)13-14-30(27)26-9-11-28(12-10-26)47-49-37-22-35(43(56)57)41(54)33-7-3-1-5-31(33)37/h1-14,21-23,54-55,60-61H,15-20,24-25H2,(H,45,53)(H,46,52)(H,56,57)(H,58,59). The maximum Gasteiger partial charge on any atom is 0.339 e. The van der Waals surface area contributed by atoms with Gasteiger partial charge in [0.2, 0.25) is 11.8 Å². The first-order valence-corrected chi connectivity index (χ1v) is 20.2. The van der Waals surface area contributed by atoms with E-state index in [1.807, 2.05) is 23.1 Å². The quantitative estimate of drug-likeness (QED) is 0.0305. The molecule has 2 amide bonds. The number of nitrogens with one attached hydrogen (secondary N) is 2. The molecule has 0 saturated heterocycles. The first-order chi connectivity index (χ1) is 29.5. The van der Waals surface area contributed by atoms with Crippen LogP contribution in [-0.4, -0.2) is 86.8 Å². The molecule has 0 aliphatic carbocycles. The normalized spacial score (nSPS) is 11.5. The van der Waals surface area contributed by atoms with Crippen LogP contribution in [0.4, 0.5) is 22.7 Å². The van der Waals surface area contributed by atoms with Gasteiger partial charge in [-0.05, 0) is 53.1 Å². The molecule has 0 fully saturated rings. The summed E-state index contributed by atoms with van der Waals surface area (Å²) in [7, 11) is 0. The summed E-state index contributed by atoms with van der Waals surface area (Å²) in [5.74, 6) is -2.75. The number of aromatic hydroxyl groups is 2. The van der Waals surface area contributed by atoms with Crippen LogP contribution in [0.3, 0.4) is 0 Å². The van der Waals surface area contributed by atoms with Crippen molar-refractivity contribution in [3.8, 4) is 22.6 Å². The molecule has 0 saturated carbocycles. The number of fused-ring (bicyclic) bond motifs is 2. The Hall–Kier alpha value is -6.82. The van der Waals surface area contributed by atoms with Crippen LogP contribution >= 0.6 is 25.3 Å². The Morgan fingerprint density at radius 2 is 1.13 bits per heavy atom. The molecule has 312 valence electrons. The van der Waals surface area contributed by atoms with E-state index in [-0.39, 0.29) is 65.3 Å². The highest BCUT2D eigenvalue weighted by Crippen LogP contribution is 2.39. The van der Waals surface area contributed by atoms with Crippen LogP contribution in [0.5, 0.6) is 11.5 Å². The summed E-state index contributed by atoms with van der Waals surface area (Å²) in [6, 6.07) is 28.4. The molecule has 0 aliphatic rings. The number of nitrogens with zero attached hydrogens (tertiary/aromatic N) is 5. The van der Waals surface area contributed by atoms with Gasteiger partial charge in [0, 0.05) is 65.7 Å². The van der Waals surface area contributed by atoms with Crippen LogP contribution in [0.25, 0.3) is 32.7 Å². The summed E-state index contributed by atoms with van der Waals surface area (Å²) in [5, 5.41) is 65.4. The third-order valence-electron chi connectivity index (χ3n) is 9.61. The Kier molecular flexibility index (Phi) is 14.7. The van der Waals surface area contributed by atoms with Gasteiger partial charge in [0.25, 0.3) is 0 Å². The van der Waals surface area contributed by atoms with Crippen LogP contribution in [0.1, 0.15) is 32.7 Å². The highest BCUT2D eigenvalue weighted by molar-refractivity contribution is 7.80. The predicted molar refractivity (Wildman–Crippen MR) is 239 cm³/mol. The van der Waals surface area contributed by atoms with Gasteiger partial charge in [-0.15, -0.1) is 10.2 Å². The first-order valence-electron chi connectivity index (χ1n) is 19.0. The minimum absolute atomic E-state index is 0.0964. The van der Waals surface area contributed by atoms with E-state index in [0.717, 1.165) is 11.1 Å². The number of amides is 2. The van der Waals surface area contributed by atoms with Crippen molar-refractivity contribution in [2.24, 2.45) is 20.5 Å². The molecule has 15 nitrogen and oxygen atoms in total. The van der Waals surface area contributed by atoms with E-state index in [2.05, 4.69) is 56.3 Å². The fourth-order valence-electron chi connectivity index (χ4n) is 6.58. The zero-order chi connectivity index (χ0) is 43.5. The van der Waals surface area contributed by atoms with Crippen LogP contribution in [0, 0.1) is 0 Å². The van der Waals surface area contributed by atoms with Gasteiger partial charge in [-0.1, -0.05) is 66.7 Å². The van der Waals surface area contributed by atoms with Crippen molar-refractivity contribution >= 4 is 93.3 Å². The Balaban J connectivity index is 1.28. The number of aromatic carboxylic acids is 2. The molecule has 0 aromatic heterocycles. The van der Waals surface area contributed by atoms with Crippen molar-refractivity contribution in [3.05, 3.63) is 120 Å². The van der Waals surface area contributed by atoms with E-state index in [9.17, 15) is 39.6 Å². The number of carbonyl (C=O) groups excluding carboxylic acids is 2. The van der Waals surface area contributed by atoms with Gasteiger partial charge in [-0.25, -0.2) is 9.59 Å². The third kappa shape index (κ3) is 10.9. The van der Waals surface area contributed by atoms with E-state index in [4.69, 9.17) is 0 Å². The second-order valence-electron chi connectivity index (χ2n) is 13.7. The van der Waals surface area contributed by atoms with Crippen molar-refractivity contribution in [2.75, 3.05) is 37.7 Å². The number of phenols is 2. The average Bonchev–Trinajstić information content (AvgIpc) is 3.26. The Bertz CT molecular complexity index is 2670. The van der Waals surface area contributed by atoms with Gasteiger partial charge < -0.3 is 31.1 Å². The van der Waals surface area contributed by atoms with Gasteiger partial charge in [-0.3, -0.25) is 14.5 Å². The van der Waals surface area contributed by atoms with E-state index in [0.29, 0.717) is 69.6 Å². The Labute approximate surface area is 360 Å². The lowest BCUT2D eigenvalue weighted by Crippen LogP contribution is -2.40. The highest BCUT2D eigenvalue weighted by Gasteiger charge is 2.19. The molecule has 0 radical (unpaired) electrons. The van der Waals surface area contributed by atoms with Gasteiger partial charge in [-0.2, -0.15) is 35.5 Å². The van der Waals surface area contributed by atoms with E-state index in [1.54, 1.807) is 72.8 Å². The second-order valence-corrected chi connectivity index (χ2v) is 14.6. The number of hydrogen-bond acceptors (Lipinski definition) is 13. The zero-order valence-electron chi connectivity index (χ0n) is 32.5. The van der Waals surface area contributed by atoms with Crippen molar-refractivity contribution in [1.82, 2.24) is 15.5 Å². The third-order valence-corrected chi connectivity index (χ3v) is 10.0. The molecule has 6 N–H and O–H groups in total. The van der Waals surface area contributed by atoms with Gasteiger partial charge >= 0.3 is 11.9 Å². The zero-order valence-corrected chi connectivity index (χ0v) is 34.3. The molecule has 6 rings (SSSR count). The predicted octanol–water partition coefficient (Wildman–Crippen LogP) is 8.58. The largest absolute Gasteiger partial charge is 0.506 e. The molecule has 0 heterocycles. The van der Waals surface area contributed by atoms with Gasteiger partial charge in [0.1, 0.15) is 22.6 Å². The lowest BCUT2D eigenvalue weighted by Gasteiger charge is -2.20. The molecule has 0 unspecified atom stereocenters. The topological polar surface area (TPSA) is 226 Å². The summed E-state index contributed by atoms with van der Waals surface area (Å²) in [5.41, 5.74) is 2.94. The molecule has 0 bridgehead atoms. The second kappa shape index (κ2) is 20.4. The number of rotatable bonds is 18. The molecule has 17 heteroatoms. The monoisotopic (exact) mass is 859 g/mol. The van der Waals surface area contributed by atoms with Crippen molar-refractivity contribution < 1.29 is 39.6 Å². The lowest BCUT2D eigenvalue weighted by atomic mass is 9.98. The van der Waals surface area contributed by atoms with E-state index in [1.165, 1.54) is 12.1 Å². The van der Waals surface area contributed by atoms with Crippen molar-refractivity contribution in [3.63, 3.8) is 0 Å².